The van der Waals surface area contributed by atoms with Gasteiger partial charge in [0.25, 0.3) is 0 Å². The maximum absolute atomic E-state index is 13.2. The van der Waals surface area contributed by atoms with E-state index in [1.807, 2.05) is 0 Å². The summed E-state index contributed by atoms with van der Waals surface area (Å²) in [6.07, 6.45) is 1.64. The fourth-order valence-corrected chi connectivity index (χ4v) is 1.84. The van der Waals surface area contributed by atoms with E-state index in [1.54, 1.807) is 30.5 Å². The van der Waals surface area contributed by atoms with Crippen molar-refractivity contribution in [3.63, 3.8) is 0 Å². The summed E-state index contributed by atoms with van der Waals surface area (Å²) in [5.41, 5.74) is 0.599. The van der Waals surface area contributed by atoms with Crippen molar-refractivity contribution < 1.29 is 9.13 Å². The molecule has 0 aliphatic heterocycles. The fourth-order valence-electron chi connectivity index (χ4n) is 1.29. The lowest BCUT2D eigenvalue weighted by Gasteiger charge is -2.08. The first kappa shape index (κ1) is 12.3. The van der Waals surface area contributed by atoms with Crippen LogP contribution in [0.25, 0.3) is 0 Å². The van der Waals surface area contributed by atoms with Gasteiger partial charge in [0, 0.05) is 11.8 Å². The van der Waals surface area contributed by atoms with Gasteiger partial charge in [0.15, 0.2) is 5.75 Å². The molecular formula is C12H8BrClFNO. The summed E-state index contributed by atoms with van der Waals surface area (Å²) in [5.74, 6) is 0.144. The van der Waals surface area contributed by atoms with Crippen LogP contribution in [0.5, 0.6) is 5.75 Å². The van der Waals surface area contributed by atoms with E-state index in [9.17, 15) is 4.39 Å². The van der Waals surface area contributed by atoms with Crippen LogP contribution in [-0.4, -0.2) is 4.98 Å². The van der Waals surface area contributed by atoms with E-state index in [0.717, 1.165) is 0 Å². The minimum atomic E-state index is -0.446. The third kappa shape index (κ3) is 2.96. The molecule has 1 heterocycles. The van der Waals surface area contributed by atoms with Crippen molar-refractivity contribution in [1.29, 1.82) is 0 Å². The van der Waals surface area contributed by atoms with Gasteiger partial charge in [-0.3, -0.25) is 0 Å². The first-order chi connectivity index (χ1) is 8.18. The van der Waals surface area contributed by atoms with Gasteiger partial charge in [-0.25, -0.2) is 9.37 Å². The zero-order valence-electron chi connectivity index (χ0n) is 8.66. The molecule has 0 aliphatic carbocycles. The molecule has 2 rings (SSSR count). The molecule has 0 saturated heterocycles. The quantitative estimate of drug-likeness (QED) is 0.791. The standard InChI is InChI=1S/C12H8BrClFNO/c13-12-10(5-2-6-16-12)17-7-8-3-1-4-9(15)11(8)14/h1-6H,7H2. The van der Waals surface area contributed by atoms with E-state index in [0.29, 0.717) is 15.9 Å². The Hall–Kier alpha value is -1.13. The largest absolute Gasteiger partial charge is 0.486 e. The number of aromatic nitrogens is 1. The van der Waals surface area contributed by atoms with E-state index < -0.39 is 5.82 Å². The SMILES string of the molecule is Fc1cccc(COc2cccnc2Br)c1Cl. The second-order valence-corrected chi connectivity index (χ2v) is 4.42. The molecular weight excluding hydrogens is 308 g/mol. The van der Waals surface area contributed by atoms with Crippen LogP contribution in [0.3, 0.4) is 0 Å². The van der Waals surface area contributed by atoms with Gasteiger partial charge < -0.3 is 4.74 Å². The number of hydrogen-bond donors (Lipinski definition) is 0. The van der Waals surface area contributed by atoms with Crippen molar-refractivity contribution in [2.45, 2.75) is 6.61 Å². The van der Waals surface area contributed by atoms with Crippen LogP contribution in [0.15, 0.2) is 41.1 Å². The molecule has 0 atom stereocenters. The molecule has 0 fully saturated rings. The summed E-state index contributed by atoms with van der Waals surface area (Å²) in [6, 6.07) is 8.15. The number of pyridine rings is 1. The summed E-state index contributed by atoms with van der Waals surface area (Å²) in [4.78, 5) is 4.02. The van der Waals surface area contributed by atoms with Crippen LogP contribution in [0, 0.1) is 5.82 Å². The van der Waals surface area contributed by atoms with E-state index in [2.05, 4.69) is 20.9 Å². The van der Waals surface area contributed by atoms with Crippen molar-refractivity contribution in [3.8, 4) is 5.75 Å². The van der Waals surface area contributed by atoms with Crippen LogP contribution in [0.4, 0.5) is 4.39 Å². The van der Waals surface area contributed by atoms with Gasteiger partial charge in [-0.2, -0.15) is 0 Å². The third-order valence-corrected chi connectivity index (χ3v) is 3.16. The molecule has 88 valence electrons. The van der Waals surface area contributed by atoms with E-state index in [4.69, 9.17) is 16.3 Å². The smallest absolute Gasteiger partial charge is 0.152 e. The number of benzene rings is 1. The summed E-state index contributed by atoms with van der Waals surface area (Å²) in [6.45, 7) is 0.195. The molecule has 1 aromatic carbocycles. The van der Waals surface area contributed by atoms with Gasteiger partial charge in [-0.05, 0) is 34.1 Å². The van der Waals surface area contributed by atoms with Gasteiger partial charge in [0.05, 0.1) is 5.02 Å². The highest BCUT2D eigenvalue weighted by Gasteiger charge is 2.07. The van der Waals surface area contributed by atoms with E-state index in [-0.39, 0.29) is 11.6 Å². The topological polar surface area (TPSA) is 22.1 Å². The molecule has 0 spiro atoms. The maximum atomic E-state index is 13.2. The molecule has 0 unspecified atom stereocenters. The summed E-state index contributed by atoms with van der Waals surface area (Å²) >= 11 is 9.08. The molecule has 0 radical (unpaired) electrons. The number of hydrogen-bond acceptors (Lipinski definition) is 2. The lowest BCUT2D eigenvalue weighted by molar-refractivity contribution is 0.302. The van der Waals surface area contributed by atoms with Gasteiger partial charge in [-0.1, -0.05) is 23.7 Å². The third-order valence-electron chi connectivity index (χ3n) is 2.14. The highest BCUT2D eigenvalue weighted by atomic mass is 79.9. The highest BCUT2D eigenvalue weighted by molar-refractivity contribution is 9.10. The molecule has 2 aromatic rings. The number of ether oxygens (including phenoxy) is 1. The van der Waals surface area contributed by atoms with Crippen LogP contribution in [0.2, 0.25) is 5.02 Å². The summed E-state index contributed by atoms with van der Waals surface area (Å²) < 4.78 is 19.3. The Balaban J connectivity index is 2.13. The Labute approximate surface area is 112 Å². The Morgan fingerprint density at radius 2 is 2.12 bits per heavy atom. The van der Waals surface area contributed by atoms with Gasteiger partial charge in [-0.15, -0.1) is 0 Å². The highest BCUT2D eigenvalue weighted by Crippen LogP contribution is 2.25. The molecule has 1 aromatic heterocycles. The first-order valence-electron chi connectivity index (χ1n) is 4.84. The van der Waals surface area contributed by atoms with E-state index >= 15 is 0 Å². The maximum Gasteiger partial charge on any atom is 0.152 e. The Morgan fingerprint density at radius 1 is 1.29 bits per heavy atom. The molecule has 2 nitrogen and oxygen atoms in total. The molecule has 5 heteroatoms. The number of halogens is 3. The van der Waals surface area contributed by atoms with Crippen molar-refractivity contribution in [1.82, 2.24) is 4.98 Å². The average molecular weight is 317 g/mol. The van der Waals surface area contributed by atoms with Crippen molar-refractivity contribution >= 4 is 27.5 Å². The molecule has 0 saturated carbocycles. The van der Waals surface area contributed by atoms with Gasteiger partial charge >= 0.3 is 0 Å². The minimum absolute atomic E-state index is 0.0903. The predicted molar refractivity (Wildman–Crippen MR) is 67.7 cm³/mol. The Morgan fingerprint density at radius 3 is 2.88 bits per heavy atom. The number of rotatable bonds is 3. The molecule has 0 bridgehead atoms. The zero-order valence-corrected chi connectivity index (χ0v) is 11.0. The van der Waals surface area contributed by atoms with Crippen LogP contribution in [0.1, 0.15) is 5.56 Å². The fraction of sp³-hybridized carbons (Fsp3) is 0.0833. The van der Waals surface area contributed by atoms with Gasteiger partial charge in [0.2, 0.25) is 0 Å². The van der Waals surface area contributed by atoms with E-state index in [1.165, 1.54) is 6.07 Å². The molecule has 17 heavy (non-hydrogen) atoms. The summed E-state index contributed by atoms with van der Waals surface area (Å²) in [7, 11) is 0. The number of nitrogens with zero attached hydrogens (tertiary/aromatic N) is 1. The van der Waals surface area contributed by atoms with Crippen LogP contribution in [-0.2, 0) is 6.61 Å². The minimum Gasteiger partial charge on any atom is -0.486 e. The average Bonchev–Trinajstić information content (AvgIpc) is 2.33. The van der Waals surface area contributed by atoms with Gasteiger partial charge in [0.1, 0.15) is 17.0 Å². The monoisotopic (exact) mass is 315 g/mol. The molecule has 0 amide bonds. The predicted octanol–water partition coefficient (Wildman–Crippen LogP) is 4.22. The lowest BCUT2D eigenvalue weighted by Crippen LogP contribution is -1.98. The van der Waals surface area contributed by atoms with Crippen molar-refractivity contribution in [2.75, 3.05) is 0 Å². The van der Waals surface area contributed by atoms with Crippen molar-refractivity contribution in [2.24, 2.45) is 0 Å². The molecule has 0 aliphatic rings. The second kappa shape index (κ2) is 5.47. The normalized spacial score (nSPS) is 10.3. The summed E-state index contributed by atoms with van der Waals surface area (Å²) in [5, 5.41) is 0.0903. The van der Waals surface area contributed by atoms with Crippen LogP contribution < -0.4 is 4.74 Å². The Bertz CT molecular complexity index is 536. The molecule has 0 N–H and O–H groups in total. The Kier molecular flexibility index (Phi) is 3.97. The zero-order chi connectivity index (χ0) is 12.3. The van der Waals surface area contributed by atoms with Crippen LogP contribution >= 0.6 is 27.5 Å². The van der Waals surface area contributed by atoms with Crippen molar-refractivity contribution in [3.05, 3.63) is 57.5 Å². The second-order valence-electron chi connectivity index (χ2n) is 3.29. The first-order valence-corrected chi connectivity index (χ1v) is 6.02. The lowest BCUT2D eigenvalue weighted by atomic mass is 10.2.